The van der Waals surface area contributed by atoms with Crippen LogP contribution in [0.2, 0.25) is 0 Å². The van der Waals surface area contributed by atoms with Crippen LogP contribution in [0, 0.1) is 0 Å². The van der Waals surface area contributed by atoms with E-state index in [9.17, 15) is 23.1 Å². The molecule has 1 saturated carbocycles. The Labute approximate surface area is 140 Å². The summed E-state index contributed by atoms with van der Waals surface area (Å²) < 4.78 is 24.9. The molecule has 8 heteroatoms. The number of carboxylic acid groups (broad SMARTS) is 1. The Morgan fingerprint density at radius 3 is 2.54 bits per heavy atom. The van der Waals surface area contributed by atoms with Gasteiger partial charge in [0.05, 0.1) is 11.9 Å². The molecule has 0 aromatic heterocycles. The minimum absolute atomic E-state index is 0.0237. The number of hydrogen-bond donors (Lipinski definition) is 1. The highest BCUT2D eigenvalue weighted by atomic mass is 32.2. The molecule has 1 unspecified atom stereocenters. The van der Waals surface area contributed by atoms with Crippen molar-refractivity contribution in [3.63, 3.8) is 0 Å². The van der Waals surface area contributed by atoms with E-state index in [2.05, 4.69) is 0 Å². The standard InChI is InChI=1S/C16H20N2O5S/c1-10(16(20)21)18(13-4-5-13)15(19)12-3-6-14-11(9-12)7-8-17(14)24(2,22)23/h3,6,9-10,13H,4-5,7-8H2,1-2H3,(H,20,21). The zero-order chi connectivity index (χ0) is 17.6. The molecule has 1 fully saturated rings. The lowest BCUT2D eigenvalue weighted by atomic mass is 10.1. The van der Waals surface area contributed by atoms with Crippen LogP contribution in [0.5, 0.6) is 0 Å². The van der Waals surface area contributed by atoms with Gasteiger partial charge in [-0.05, 0) is 49.9 Å². The highest BCUT2D eigenvalue weighted by Gasteiger charge is 2.39. The Balaban J connectivity index is 1.91. The quantitative estimate of drug-likeness (QED) is 0.856. The number of aliphatic carboxylic acids is 1. The first-order chi connectivity index (χ1) is 11.2. The van der Waals surface area contributed by atoms with E-state index < -0.39 is 22.0 Å². The summed E-state index contributed by atoms with van der Waals surface area (Å²) in [6.07, 6.45) is 3.33. The first-order valence-electron chi connectivity index (χ1n) is 7.86. The Kier molecular flexibility index (Phi) is 4.03. The van der Waals surface area contributed by atoms with E-state index in [4.69, 9.17) is 0 Å². The lowest BCUT2D eigenvalue weighted by molar-refractivity contribution is -0.141. The first-order valence-corrected chi connectivity index (χ1v) is 9.71. The van der Waals surface area contributed by atoms with Gasteiger partial charge in [0, 0.05) is 18.2 Å². The normalized spacial score (nSPS) is 18.2. The van der Waals surface area contributed by atoms with Crippen molar-refractivity contribution in [1.29, 1.82) is 0 Å². The third-order valence-electron chi connectivity index (χ3n) is 4.53. The van der Waals surface area contributed by atoms with Crippen LogP contribution in [0.4, 0.5) is 5.69 Å². The zero-order valence-electron chi connectivity index (χ0n) is 13.6. The molecule has 1 aromatic rings. The largest absolute Gasteiger partial charge is 0.480 e. The molecule has 7 nitrogen and oxygen atoms in total. The summed E-state index contributed by atoms with van der Waals surface area (Å²) in [5.74, 6) is -1.34. The second-order valence-electron chi connectivity index (χ2n) is 6.39. The topological polar surface area (TPSA) is 95.0 Å². The van der Waals surface area contributed by atoms with Crippen LogP contribution >= 0.6 is 0 Å². The average molecular weight is 352 g/mol. The highest BCUT2D eigenvalue weighted by molar-refractivity contribution is 7.92. The molecule has 24 heavy (non-hydrogen) atoms. The van der Waals surface area contributed by atoms with Crippen LogP contribution < -0.4 is 4.31 Å². The smallest absolute Gasteiger partial charge is 0.326 e. The van der Waals surface area contributed by atoms with Crippen molar-refractivity contribution in [2.75, 3.05) is 17.1 Å². The van der Waals surface area contributed by atoms with Gasteiger partial charge in [0.1, 0.15) is 6.04 Å². The van der Waals surface area contributed by atoms with Crippen molar-refractivity contribution >= 4 is 27.6 Å². The summed E-state index contributed by atoms with van der Waals surface area (Å²) in [6.45, 7) is 1.88. The number of nitrogens with zero attached hydrogens (tertiary/aromatic N) is 2. The number of amides is 1. The number of hydrogen-bond acceptors (Lipinski definition) is 4. The molecule has 2 aliphatic rings. The minimum atomic E-state index is -3.33. The van der Waals surface area contributed by atoms with E-state index in [0.29, 0.717) is 24.2 Å². The molecule has 1 aliphatic heterocycles. The molecule has 1 amide bonds. The summed E-state index contributed by atoms with van der Waals surface area (Å²) in [7, 11) is -3.33. The van der Waals surface area contributed by atoms with Crippen molar-refractivity contribution in [1.82, 2.24) is 4.90 Å². The lowest BCUT2D eigenvalue weighted by Gasteiger charge is -2.26. The fraction of sp³-hybridized carbons (Fsp3) is 0.500. The molecule has 1 aromatic carbocycles. The van der Waals surface area contributed by atoms with Gasteiger partial charge in [-0.2, -0.15) is 0 Å². The van der Waals surface area contributed by atoms with E-state index >= 15 is 0 Å². The van der Waals surface area contributed by atoms with Crippen LogP contribution in [0.25, 0.3) is 0 Å². The van der Waals surface area contributed by atoms with E-state index in [1.807, 2.05) is 0 Å². The number of anilines is 1. The van der Waals surface area contributed by atoms with Gasteiger partial charge in [-0.25, -0.2) is 13.2 Å². The van der Waals surface area contributed by atoms with Crippen molar-refractivity contribution in [3.05, 3.63) is 29.3 Å². The fourth-order valence-electron chi connectivity index (χ4n) is 3.13. The predicted molar refractivity (Wildman–Crippen MR) is 88.6 cm³/mol. The number of sulfonamides is 1. The number of carbonyl (C=O) groups excluding carboxylic acids is 1. The Morgan fingerprint density at radius 1 is 1.33 bits per heavy atom. The SMILES string of the molecule is CC(C(=O)O)N(C(=O)c1ccc2c(c1)CCN2S(C)(=O)=O)C1CC1. The molecule has 3 rings (SSSR count). The molecule has 0 bridgehead atoms. The number of fused-ring (bicyclic) bond motifs is 1. The summed E-state index contributed by atoms with van der Waals surface area (Å²) in [5.41, 5.74) is 1.80. The lowest BCUT2D eigenvalue weighted by Crippen LogP contribution is -2.44. The fourth-order valence-corrected chi connectivity index (χ4v) is 4.09. The number of carbonyl (C=O) groups is 2. The van der Waals surface area contributed by atoms with Crippen LogP contribution in [-0.2, 0) is 21.2 Å². The summed E-state index contributed by atoms with van der Waals surface area (Å²) >= 11 is 0. The van der Waals surface area contributed by atoms with Gasteiger partial charge in [0.15, 0.2) is 0 Å². The van der Waals surface area contributed by atoms with E-state index in [1.54, 1.807) is 18.2 Å². The Morgan fingerprint density at radius 2 is 2.00 bits per heavy atom. The Hall–Kier alpha value is -2.09. The summed E-state index contributed by atoms with van der Waals surface area (Å²) in [6, 6.07) is 3.99. The maximum Gasteiger partial charge on any atom is 0.326 e. The monoisotopic (exact) mass is 352 g/mol. The van der Waals surface area contributed by atoms with Crippen molar-refractivity contribution in [3.8, 4) is 0 Å². The van der Waals surface area contributed by atoms with Crippen LogP contribution in [-0.4, -0.2) is 55.2 Å². The molecular weight excluding hydrogens is 332 g/mol. The number of carboxylic acids is 1. The Bertz CT molecular complexity index is 801. The van der Waals surface area contributed by atoms with Gasteiger partial charge in [-0.15, -0.1) is 0 Å². The first kappa shape index (κ1) is 16.8. The van der Waals surface area contributed by atoms with Gasteiger partial charge in [-0.1, -0.05) is 0 Å². The molecule has 1 aliphatic carbocycles. The molecule has 1 N–H and O–H groups in total. The van der Waals surface area contributed by atoms with E-state index in [0.717, 1.165) is 24.7 Å². The number of benzene rings is 1. The van der Waals surface area contributed by atoms with Crippen LogP contribution in [0.3, 0.4) is 0 Å². The zero-order valence-corrected chi connectivity index (χ0v) is 14.4. The average Bonchev–Trinajstić information content (AvgIpc) is 3.23. The maximum absolute atomic E-state index is 12.8. The maximum atomic E-state index is 12.8. The molecule has 130 valence electrons. The van der Waals surface area contributed by atoms with Crippen LogP contribution in [0.15, 0.2) is 18.2 Å². The summed E-state index contributed by atoms with van der Waals surface area (Å²) in [4.78, 5) is 25.5. The molecule has 0 spiro atoms. The van der Waals surface area contributed by atoms with Gasteiger partial charge >= 0.3 is 5.97 Å². The van der Waals surface area contributed by atoms with Crippen molar-refractivity contribution in [2.24, 2.45) is 0 Å². The second-order valence-corrected chi connectivity index (χ2v) is 8.29. The summed E-state index contributed by atoms with van der Waals surface area (Å²) in [5, 5.41) is 9.24. The molecule has 1 atom stereocenters. The third-order valence-corrected chi connectivity index (χ3v) is 5.71. The van der Waals surface area contributed by atoms with Gasteiger partial charge in [0.2, 0.25) is 10.0 Å². The minimum Gasteiger partial charge on any atom is -0.480 e. The van der Waals surface area contributed by atoms with Gasteiger partial charge < -0.3 is 10.0 Å². The molecular formula is C16H20N2O5S. The number of rotatable bonds is 5. The van der Waals surface area contributed by atoms with Gasteiger partial charge in [0.25, 0.3) is 5.91 Å². The highest BCUT2D eigenvalue weighted by Crippen LogP contribution is 2.33. The van der Waals surface area contributed by atoms with Crippen molar-refractivity contribution < 1.29 is 23.1 Å². The van der Waals surface area contributed by atoms with E-state index in [-0.39, 0.29) is 11.9 Å². The predicted octanol–water partition coefficient (Wildman–Crippen LogP) is 1.09. The van der Waals surface area contributed by atoms with Crippen molar-refractivity contribution in [2.45, 2.75) is 38.3 Å². The second kappa shape index (κ2) is 5.77. The third kappa shape index (κ3) is 2.98. The van der Waals surface area contributed by atoms with Crippen LogP contribution in [0.1, 0.15) is 35.7 Å². The van der Waals surface area contributed by atoms with E-state index in [1.165, 1.54) is 16.1 Å². The van der Waals surface area contributed by atoms with Gasteiger partial charge in [-0.3, -0.25) is 9.10 Å². The molecule has 0 saturated heterocycles. The molecule has 0 radical (unpaired) electrons. The molecule has 1 heterocycles.